The Bertz CT molecular complexity index is 1440. The molecule has 0 unspecified atom stereocenters. The molecular weight excluding hydrogens is 404 g/mol. The number of rotatable bonds is 3. The molecule has 5 rings (SSSR count). The van der Waals surface area contributed by atoms with Crippen LogP contribution < -0.4 is 4.90 Å². The number of imide groups is 1. The molecule has 4 aromatic rings. The Kier molecular flexibility index (Phi) is 4.37. The summed E-state index contributed by atoms with van der Waals surface area (Å²) in [7, 11) is 0. The van der Waals surface area contributed by atoms with Crippen LogP contribution >= 0.6 is 0 Å². The quantitative estimate of drug-likeness (QED) is 0.469. The van der Waals surface area contributed by atoms with Crippen LogP contribution in [-0.4, -0.2) is 27.9 Å². The highest BCUT2D eigenvalue weighted by Gasteiger charge is 2.36. The van der Waals surface area contributed by atoms with Gasteiger partial charge < -0.3 is 5.11 Å². The summed E-state index contributed by atoms with van der Waals surface area (Å²) in [6.07, 6.45) is 0. The van der Waals surface area contributed by atoms with Gasteiger partial charge >= 0.3 is 5.97 Å². The molecule has 0 saturated heterocycles. The van der Waals surface area contributed by atoms with E-state index in [0.717, 1.165) is 16.0 Å². The van der Waals surface area contributed by atoms with Gasteiger partial charge in [0.25, 0.3) is 11.8 Å². The average molecular weight is 422 g/mol. The standard InChI is InChI=1S/C26H18N2O4/c1-14-10-15(2)23-20(11-14)21(26(31)32)13-22(27-23)16-6-5-7-17(12-16)28-24(29)18-8-3-4-9-19(18)25(28)30/h3-13H,1-2H3,(H,31,32). The fourth-order valence-corrected chi connectivity index (χ4v) is 4.23. The Labute approximate surface area is 183 Å². The van der Waals surface area contributed by atoms with E-state index in [-0.39, 0.29) is 17.4 Å². The van der Waals surface area contributed by atoms with Crippen LogP contribution in [0.1, 0.15) is 42.2 Å². The first-order valence-electron chi connectivity index (χ1n) is 10.1. The highest BCUT2D eigenvalue weighted by Crippen LogP contribution is 2.33. The molecule has 0 spiro atoms. The third-order valence-corrected chi connectivity index (χ3v) is 5.67. The molecule has 1 aliphatic heterocycles. The molecule has 3 aromatic carbocycles. The van der Waals surface area contributed by atoms with Gasteiger partial charge in [-0.1, -0.05) is 35.9 Å². The number of carbonyl (C=O) groups excluding carboxylic acids is 2. The number of amides is 2. The number of pyridine rings is 1. The van der Waals surface area contributed by atoms with Gasteiger partial charge in [0.1, 0.15) is 0 Å². The summed E-state index contributed by atoms with van der Waals surface area (Å²) >= 11 is 0. The van der Waals surface area contributed by atoms with Crippen molar-refractivity contribution in [1.29, 1.82) is 0 Å². The van der Waals surface area contributed by atoms with Crippen LogP contribution in [0.15, 0.2) is 66.7 Å². The molecule has 0 saturated carbocycles. The van der Waals surface area contributed by atoms with Crippen molar-refractivity contribution in [2.75, 3.05) is 4.90 Å². The molecule has 156 valence electrons. The number of nitrogens with zero attached hydrogens (tertiary/aromatic N) is 2. The van der Waals surface area contributed by atoms with E-state index >= 15 is 0 Å². The van der Waals surface area contributed by atoms with E-state index < -0.39 is 5.97 Å². The molecule has 0 radical (unpaired) electrons. The van der Waals surface area contributed by atoms with Crippen molar-refractivity contribution in [3.8, 4) is 11.3 Å². The number of hydrogen-bond donors (Lipinski definition) is 1. The molecule has 0 fully saturated rings. The molecule has 6 nitrogen and oxygen atoms in total. The van der Waals surface area contributed by atoms with E-state index in [4.69, 9.17) is 4.98 Å². The number of aryl methyl sites for hydroxylation is 2. The molecule has 0 atom stereocenters. The lowest BCUT2D eigenvalue weighted by Gasteiger charge is -2.16. The summed E-state index contributed by atoms with van der Waals surface area (Å²) in [6.45, 7) is 3.81. The third-order valence-electron chi connectivity index (χ3n) is 5.67. The number of aromatic nitrogens is 1. The topological polar surface area (TPSA) is 87.6 Å². The van der Waals surface area contributed by atoms with Crippen LogP contribution in [0.5, 0.6) is 0 Å². The smallest absolute Gasteiger partial charge is 0.336 e. The zero-order valence-corrected chi connectivity index (χ0v) is 17.4. The van der Waals surface area contributed by atoms with Crippen molar-refractivity contribution < 1.29 is 19.5 Å². The van der Waals surface area contributed by atoms with Gasteiger partial charge in [-0.05, 0) is 55.8 Å². The Morgan fingerprint density at radius 2 is 1.56 bits per heavy atom. The third kappa shape index (κ3) is 2.96. The minimum absolute atomic E-state index is 0.155. The number of carbonyl (C=O) groups is 3. The van der Waals surface area contributed by atoms with Gasteiger partial charge in [0.15, 0.2) is 0 Å². The Balaban J connectivity index is 1.65. The number of anilines is 1. The van der Waals surface area contributed by atoms with Gasteiger partial charge in [0.2, 0.25) is 0 Å². The second kappa shape index (κ2) is 7.13. The number of aromatic carboxylic acids is 1. The minimum atomic E-state index is -1.04. The van der Waals surface area contributed by atoms with E-state index in [1.807, 2.05) is 26.0 Å². The Hall–Kier alpha value is -4.32. The molecule has 2 heterocycles. The predicted octanol–water partition coefficient (Wildman–Crippen LogP) is 5.02. The van der Waals surface area contributed by atoms with Gasteiger partial charge in [-0.15, -0.1) is 0 Å². The molecule has 0 bridgehead atoms. The van der Waals surface area contributed by atoms with Crippen LogP contribution in [0.25, 0.3) is 22.2 Å². The highest BCUT2D eigenvalue weighted by atomic mass is 16.4. The lowest BCUT2D eigenvalue weighted by molar-refractivity contribution is 0.0698. The molecule has 1 aromatic heterocycles. The van der Waals surface area contributed by atoms with E-state index in [9.17, 15) is 19.5 Å². The molecule has 2 amide bonds. The van der Waals surface area contributed by atoms with E-state index in [2.05, 4.69) is 0 Å². The zero-order chi connectivity index (χ0) is 22.6. The van der Waals surface area contributed by atoms with Crippen molar-refractivity contribution >= 4 is 34.4 Å². The number of hydrogen-bond acceptors (Lipinski definition) is 4. The second-order valence-corrected chi connectivity index (χ2v) is 7.88. The Morgan fingerprint density at radius 3 is 2.22 bits per heavy atom. The molecule has 0 aliphatic carbocycles. The Morgan fingerprint density at radius 1 is 0.875 bits per heavy atom. The normalized spacial score (nSPS) is 13.0. The maximum atomic E-state index is 12.9. The largest absolute Gasteiger partial charge is 0.478 e. The number of benzene rings is 3. The highest BCUT2D eigenvalue weighted by molar-refractivity contribution is 6.34. The van der Waals surface area contributed by atoms with E-state index in [1.165, 1.54) is 6.07 Å². The maximum Gasteiger partial charge on any atom is 0.336 e. The summed E-state index contributed by atoms with van der Waals surface area (Å²) in [5.74, 6) is -1.81. The summed E-state index contributed by atoms with van der Waals surface area (Å²) in [4.78, 5) is 43.6. The van der Waals surface area contributed by atoms with Crippen LogP contribution in [0.4, 0.5) is 5.69 Å². The fourth-order valence-electron chi connectivity index (χ4n) is 4.23. The van der Waals surface area contributed by atoms with E-state index in [0.29, 0.717) is 39.0 Å². The lowest BCUT2D eigenvalue weighted by Crippen LogP contribution is -2.29. The van der Waals surface area contributed by atoms with Gasteiger partial charge in [-0.25, -0.2) is 14.7 Å². The van der Waals surface area contributed by atoms with Gasteiger partial charge in [0, 0.05) is 10.9 Å². The molecular formula is C26H18N2O4. The first-order chi connectivity index (χ1) is 15.3. The van der Waals surface area contributed by atoms with Crippen molar-refractivity contribution in [3.05, 3.63) is 94.5 Å². The summed E-state index contributed by atoms with van der Waals surface area (Å²) < 4.78 is 0. The molecule has 1 aliphatic rings. The number of fused-ring (bicyclic) bond motifs is 2. The van der Waals surface area contributed by atoms with Crippen LogP contribution in [0.2, 0.25) is 0 Å². The number of carboxylic acids is 1. The summed E-state index contributed by atoms with van der Waals surface area (Å²) in [5, 5.41) is 10.4. The molecule has 32 heavy (non-hydrogen) atoms. The molecule has 6 heteroatoms. The average Bonchev–Trinajstić information content (AvgIpc) is 3.03. The fraction of sp³-hybridized carbons (Fsp3) is 0.0769. The zero-order valence-electron chi connectivity index (χ0n) is 17.4. The second-order valence-electron chi connectivity index (χ2n) is 7.88. The van der Waals surface area contributed by atoms with Gasteiger partial charge in [0.05, 0.1) is 33.6 Å². The minimum Gasteiger partial charge on any atom is -0.478 e. The van der Waals surface area contributed by atoms with Crippen molar-refractivity contribution in [3.63, 3.8) is 0 Å². The van der Waals surface area contributed by atoms with Crippen LogP contribution in [0, 0.1) is 13.8 Å². The maximum absolute atomic E-state index is 12.9. The van der Waals surface area contributed by atoms with Crippen molar-refractivity contribution in [2.45, 2.75) is 13.8 Å². The first kappa shape index (κ1) is 19.6. The van der Waals surface area contributed by atoms with Crippen LogP contribution in [-0.2, 0) is 0 Å². The van der Waals surface area contributed by atoms with Gasteiger partial charge in [-0.3, -0.25) is 9.59 Å². The predicted molar refractivity (Wildman–Crippen MR) is 121 cm³/mol. The molecule has 1 N–H and O–H groups in total. The lowest BCUT2D eigenvalue weighted by atomic mass is 9.99. The number of carboxylic acid groups (broad SMARTS) is 1. The van der Waals surface area contributed by atoms with Crippen LogP contribution in [0.3, 0.4) is 0 Å². The van der Waals surface area contributed by atoms with Crippen molar-refractivity contribution in [2.24, 2.45) is 0 Å². The first-order valence-corrected chi connectivity index (χ1v) is 10.1. The van der Waals surface area contributed by atoms with E-state index in [1.54, 1.807) is 48.5 Å². The summed E-state index contributed by atoms with van der Waals surface area (Å²) in [5.41, 5.74) is 4.81. The monoisotopic (exact) mass is 422 g/mol. The van der Waals surface area contributed by atoms with Gasteiger partial charge in [-0.2, -0.15) is 0 Å². The SMILES string of the molecule is Cc1cc(C)c2nc(-c3cccc(N4C(=O)c5ccccc5C4=O)c3)cc(C(=O)O)c2c1. The van der Waals surface area contributed by atoms with Crippen molar-refractivity contribution in [1.82, 2.24) is 4.98 Å². The summed E-state index contributed by atoms with van der Waals surface area (Å²) in [6, 6.07) is 18.9.